The van der Waals surface area contributed by atoms with E-state index in [4.69, 9.17) is 5.73 Å². The monoisotopic (exact) mass is 378 g/mol. The fourth-order valence-corrected chi connectivity index (χ4v) is 3.37. The van der Waals surface area contributed by atoms with Crippen molar-refractivity contribution in [2.75, 3.05) is 20.7 Å². The molecule has 8 heteroatoms. The van der Waals surface area contributed by atoms with E-state index in [9.17, 15) is 13.2 Å². The summed E-state index contributed by atoms with van der Waals surface area (Å²) in [5.41, 5.74) is 6.88. The molecule has 1 unspecified atom stereocenters. The number of nitrogens with zero attached hydrogens (tertiary/aromatic N) is 1. The second-order valence-corrected chi connectivity index (χ2v) is 8.04. The maximum atomic E-state index is 12.6. The number of nitrogens with two attached hydrogens (primary N) is 1. The van der Waals surface area contributed by atoms with Crippen LogP contribution in [0.5, 0.6) is 0 Å². The molecule has 0 radical (unpaired) electrons. The van der Waals surface area contributed by atoms with E-state index in [2.05, 4.69) is 4.74 Å². The van der Waals surface area contributed by atoms with E-state index in [0.29, 0.717) is 30.0 Å². The first-order valence-electron chi connectivity index (χ1n) is 7.52. The lowest BCUT2D eigenvalue weighted by molar-refractivity contribution is 0.0600. The third-order valence-corrected chi connectivity index (χ3v) is 5.80. The van der Waals surface area contributed by atoms with Crippen molar-refractivity contribution < 1.29 is 17.9 Å². The molecule has 0 aliphatic carbocycles. The Morgan fingerprint density at radius 2 is 1.92 bits per heavy atom. The Bertz CT molecular complexity index is 662. The number of aryl methyl sites for hydroxylation is 1. The Labute approximate surface area is 150 Å². The van der Waals surface area contributed by atoms with Crippen LogP contribution in [0.2, 0.25) is 0 Å². The van der Waals surface area contributed by atoms with Crippen LogP contribution in [0.3, 0.4) is 0 Å². The summed E-state index contributed by atoms with van der Waals surface area (Å²) < 4.78 is 31.1. The second kappa shape index (κ2) is 9.36. The molecule has 1 atom stereocenters. The molecular weight excluding hydrogens is 352 g/mol. The van der Waals surface area contributed by atoms with Crippen LogP contribution in [0.15, 0.2) is 23.1 Å². The first-order chi connectivity index (χ1) is 10.6. The average Bonchev–Trinajstić information content (AvgIpc) is 2.50. The van der Waals surface area contributed by atoms with Crippen LogP contribution in [0, 0.1) is 12.8 Å². The van der Waals surface area contributed by atoms with E-state index in [0.717, 1.165) is 0 Å². The number of methoxy groups -OCH3 is 1. The molecule has 1 aromatic carbocycles. The minimum absolute atomic E-state index is 0. The number of carbonyl (C=O) groups excluding carboxylic acids is 1. The van der Waals surface area contributed by atoms with Crippen LogP contribution in [-0.4, -0.2) is 45.4 Å². The van der Waals surface area contributed by atoms with Gasteiger partial charge in [0.2, 0.25) is 10.0 Å². The summed E-state index contributed by atoms with van der Waals surface area (Å²) in [6.45, 7) is 6.04. The van der Waals surface area contributed by atoms with Gasteiger partial charge in [0, 0.05) is 19.6 Å². The highest BCUT2D eigenvalue weighted by Crippen LogP contribution is 2.20. The van der Waals surface area contributed by atoms with Gasteiger partial charge in [0.05, 0.1) is 17.6 Å². The maximum absolute atomic E-state index is 12.6. The molecule has 0 saturated heterocycles. The molecule has 0 saturated carbocycles. The van der Waals surface area contributed by atoms with Crippen LogP contribution in [-0.2, 0) is 14.8 Å². The molecule has 0 bridgehead atoms. The van der Waals surface area contributed by atoms with E-state index in [1.165, 1.54) is 36.7 Å². The number of carbonyl (C=O) groups is 1. The predicted octanol–water partition coefficient (Wildman–Crippen LogP) is 2.20. The minimum Gasteiger partial charge on any atom is -0.465 e. The highest BCUT2D eigenvalue weighted by Gasteiger charge is 2.23. The van der Waals surface area contributed by atoms with Crippen LogP contribution in [0.1, 0.15) is 36.2 Å². The number of rotatable bonds is 7. The van der Waals surface area contributed by atoms with Gasteiger partial charge in [-0.1, -0.05) is 13.8 Å². The molecule has 2 N–H and O–H groups in total. The van der Waals surface area contributed by atoms with Gasteiger partial charge < -0.3 is 10.5 Å². The highest BCUT2D eigenvalue weighted by atomic mass is 35.5. The molecule has 138 valence electrons. The number of hydrogen-bond acceptors (Lipinski definition) is 5. The predicted molar refractivity (Wildman–Crippen MR) is 97.0 cm³/mol. The lowest BCUT2D eigenvalue weighted by atomic mass is 10.0. The Balaban J connectivity index is 0.00000529. The summed E-state index contributed by atoms with van der Waals surface area (Å²) in [5.74, 6) is -0.185. The number of sulfonamides is 1. The summed E-state index contributed by atoms with van der Waals surface area (Å²) in [7, 11) is -0.783. The highest BCUT2D eigenvalue weighted by molar-refractivity contribution is 7.89. The van der Waals surface area contributed by atoms with E-state index in [-0.39, 0.29) is 23.3 Å². The molecule has 0 spiro atoms. The first-order valence-corrected chi connectivity index (χ1v) is 8.96. The number of ether oxygens (including phenoxy) is 1. The third kappa shape index (κ3) is 5.44. The molecule has 6 nitrogen and oxygen atoms in total. The normalized spacial score (nSPS) is 12.8. The largest absolute Gasteiger partial charge is 0.465 e. The van der Waals surface area contributed by atoms with Gasteiger partial charge in [-0.3, -0.25) is 0 Å². The van der Waals surface area contributed by atoms with Crippen molar-refractivity contribution in [3.8, 4) is 0 Å². The zero-order valence-electron chi connectivity index (χ0n) is 14.8. The molecule has 0 aliphatic heterocycles. The summed E-state index contributed by atoms with van der Waals surface area (Å²) in [4.78, 5) is 11.7. The van der Waals surface area contributed by atoms with Gasteiger partial charge in [-0.25, -0.2) is 17.5 Å². The maximum Gasteiger partial charge on any atom is 0.338 e. The summed E-state index contributed by atoms with van der Waals surface area (Å²) in [6, 6.07) is 4.34. The average molecular weight is 379 g/mol. The zero-order valence-corrected chi connectivity index (χ0v) is 16.4. The van der Waals surface area contributed by atoms with Crippen molar-refractivity contribution >= 4 is 28.4 Å². The topological polar surface area (TPSA) is 89.7 Å². The number of benzene rings is 1. The smallest absolute Gasteiger partial charge is 0.338 e. The molecule has 24 heavy (non-hydrogen) atoms. The van der Waals surface area contributed by atoms with Crippen LogP contribution in [0.25, 0.3) is 0 Å². The number of hydrogen-bond donors (Lipinski definition) is 1. The number of esters is 1. The fraction of sp³-hybridized carbons (Fsp3) is 0.562. The van der Waals surface area contributed by atoms with Crippen molar-refractivity contribution in [3.63, 3.8) is 0 Å². The van der Waals surface area contributed by atoms with Gasteiger partial charge in [-0.15, -0.1) is 12.4 Å². The van der Waals surface area contributed by atoms with Crippen molar-refractivity contribution in [3.05, 3.63) is 29.3 Å². The van der Waals surface area contributed by atoms with Crippen LogP contribution < -0.4 is 5.73 Å². The van der Waals surface area contributed by atoms with Crippen molar-refractivity contribution in [2.24, 2.45) is 11.7 Å². The molecule has 0 amide bonds. The Kier molecular flexibility index (Phi) is 8.91. The number of halogens is 1. The van der Waals surface area contributed by atoms with Crippen LogP contribution in [0.4, 0.5) is 0 Å². The summed E-state index contributed by atoms with van der Waals surface area (Å²) >= 11 is 0. The molecule has 0 heterocycles. The van der Waals surface area contributed by atoms with Gasteiger partial charge in [0.1, 0.15) is 0 Å². The molecule has 1 aromatic rings. The van der Waals surface area contributed by atoms with E-state index in [1.807, 2.05) is 13.8 Å². The first kappa shape index (κ1) is 22.9. The van der Waals surface area contributed by atoms with Crippen molar-refractivity contribution in [1.82, 2.24) is 4.31 Å². The van der Waals surface area contributed by atoms with E-state index in [1.54, 1.807) is 6.92 Å². The SMILES string of the molecule is COC(=O)c1ccc(S(=O)(=O)N(C)CCC(N)C(C)C)cc1C.Cl. The molecular formula is C16H27ClN2O4S. The molecule has 0 aliphatic rings. The molecule has 0 aromatic heterocycles. The Morgan fingerprint density at radius 3 is 2.38 bits per heavy atom. The standard InChI is InChI=1S/C16H26N2O4S.ClH/c1-11(2)15(17)8-9-18(4)23(20,21)13-6-7-14(12(3)10-13)16(19)22-5;/h6-7,10-11,15H,8-9,17H2,1-5H3;1H. The Morgan fingerprint density at radius 1 is 1.33 bits per heavy atom. The van der Waals surface area contributed by atoms with Crippen molar-refractivity contribution in [1.29, 1.82) is 0 Å². The quantitative estimate of drug-likeness (QED) is 0.734. The van der Waals surface area contributed by atoms with Crippen LogP contribution >= 0.6 is 12.4 Å². The fourth-order valence-electron chi connectivity index (χ4n) is 2.10. The van der Waals surface area contributed by atoms with E-state index < -0.39 is 16.0 Å². The third-order valence-electron chi connectivity index (χ3n) is 3.94. The second-order valence-electron chi connectivity index (χ2n) is 5.99. The lowest BCUT2D eigenvalue weighted by Gasteiger charge is -2.21. The van der Waals surface area contributed by atoms with E-state index >= 15 is 0 Å². The molecule has 1 rings (SSSR count). The molecule has 0 fully saturated rings. The summed E-state index contributed by atoms with van der Waals surface area (Å²) in [6.07, 6.45) is 0.590. The van der Waals surface area contributed by atoms with Gasteiger partial charge in [-0.2, -0.15) is 0 Å². The van der Waals surface area contributed by atoms with Gasteiger partial charge >= 0.3 is 5.97 Å². The van der Waals surface area contributed by atoms with Gasteiger partial charge in [0.15, 0.2) is 0 Å². The minimum atomic E-state index is -3.61. The van der Waals surface area contributed by atoms with Gasteiger partial charge in [0.25, 0.3) is 0 Å². The van der Waals surface area contributed by atoms with Gasteiger partial charge in [-0.05, 0) is 43.0 Å². The van der Waals surface area contributed by atoms with Crippen molar-refractivity contribution in [2.45, 2.75) is 38.1 Å². The zero-order chi connectivity index (χ0) is 17.8. The Hall–Kier alpha value is -1.15. The summed E-state index contributed by atoms with van der Waals surface area (Å²) in [5, 5.41) is 0. The lowest BCUT2D eigenvalue weighted by Crippen LogP contribution is -2.34.